The van der Waals surface area contributed by atoms with Crippen molar-refractivity contribution in [3.63, 3.8) is 0 Å². The van der Waals surface area contributed by atoms with Crippen LogP contribution >= 0.6 is 0 Å². The molecule has 1 unspecified atom stereocenters. The normalized spacial score (nSPS) is 17.4. The molecule has 1 saturated heterocycles. The van der Waals surface area contributed by atoms with Gasteiger partial charge in [-0.15, -0.1) is 0 Å². The number of amides is 2. The summed E-state index contributed by atoms with van der Waals surface area (Å²) < 4.78 is 5.25. The number of hydrogen-bond donors (Lipinski definition) is 0. The Morgan fingerprint density at radius 3 is 2.88 bits per heavy atom. The Hall–Kier alpha value is -2.63. The van der Waals surface area contributed by atoms with Crippen LogP contribution in [0.3, 0.4) is 0 Å². The molecule has 0 spiro atoms. The lowest BCUT2D eigenvalue weighted by atomic mass is 10.0. The third-order valence-electron chi connectivity index (χ3n) is 4.69. The average molecular weight is 341 g/mol. The Kier molecular flexibility index (Phi) is 5.16. The minimum Gasteiger partial charge on any atom is -0.469 e. The number of aromatic nitrogens is 1. The van der Waals surface area contributed by atoms with Gasteiger partial charge in [0.05, 0.1) is 11.8 Å². The maximum absolute atomic E-state index is 12.7. The van der Waals surface area contributed by atoms with Gasteiger partial charge in [-0.2, -0.15) is 0 Å². The molecule has 0 aromatic carbocycles. The number of carbonyl (C=O) groups excluding carboxylic acids is 2. The fourth-order valence-corrected chi connectivity index (χ4v) is 3.36. The van der Waals surface area contributed by atoms with E-state index in [9.17, 15) is 9.59 Å². The second-order valence-corrected chi connectivity index (χ2v) is 6.45. The number of aryl methyl sites for hydroxylation is 1. The summed E-state index contributed by atoms with van der Waals surface area (Å²) in [6.45, 7) is 5.14. The van der Waals surface area contributed by atoms with Crippen LogP contribution < -0.4 is 0 Å². The zero-order valence-corrected chi connectivity index (χ0v) is 14.6. The smallest absolute Gasteiger partial charge is 0.257 e. The topological polar surface area (TPSA) is 66.7 Å². The molecule has 0 N–H and O–H groups in total. The number of furan rings is 1. The third-order valence-corrected chi connectivity index (χ3v) is 4.69. The van der Waals surface area contributed by atoms with E-state index in [1.807, 2.05) is 21.9 Å². The first kappa shape index (κ1) is 17.2. The first-order valence-electron chi connectivity index (χ1n) is 8.55. The Balaban J connectivity index is 1.73. The molecule has 1 fully saturated rings. The highest BCUT2D eigenvalue weighted by Crippen LogP contribution is 2.21. The lowest BCUT2D eigenvalue weighted by Gasteiger charge is -2.39. The summed E-state index contributed by atoms with van der Waals surface area (Å²) in [6.07, 6.45) is 6.80. The van der Waals surface area contributed by atoms with Crippen LogP contribution in [0.25, 0.3) is 0 Å². The van der Waals surface area contributed by atoms with Crippen LogP contribution in [0, 0.1) is 6.92 Å². The van der Waals surface area contributed by atoms with Gasteiger partial charge < -0.3 is 14.2 Å². The standard InChI is InChI=1S/C19H23N3O3/c1-14-18(7-10-25-14)19(24)21-9-4-6-17(13-21)22(15(2)23)12-16-5-3-8-20-11-16/h3,5,7-8,10-11,17H,4,6,9,12-13H2,1-2H3. The van der Waals surface area contributed by atoms with Gasteiger partial charge in [0.1, 0.15) is 5.76 Å². The molecule has 6 heteroatoms. The number of pyridine rings is 1. The van der Waals surface area contributed by atoms with Gasteiger partial charge in [-0.05, 0) is 37.5 Å². The first-order chi connectivity index (χ1) is 12.1. The van der Waals surface area contributed by atoms with Crippen LogP contribution in [-0.2, 0) is 11.3 Å². The molecule has 2 aromatic rings. The van der Waals surface area contributed by atoms with Crippen molar-refractivity contribution < 1.29 is 14.0 Å². The van der Waals surface area contributed by atoms with Gasteiger partial charge in [0.25, 0.3) is 5.91 Å². The maximum Gasteiger partial charge on any atom is 0.257 e. The highest BCUT2D eigenvalue weighted by atomic mass is 16.3. The number of nitrogens with zero attached hydrogens (tertiary/aromatic N) is 3. The van der Waals surface area contributed by atoms with Crippen LogP contribution in [0.5, 0.6) is 0 Å². The summed E-state index contributed by atoms with van der Waals surface area (Å²) in [4.78, 5) is 32.7. The molecule has 3 rings (SSSR count). The van der Waals surface area contributed by atoms with Crippen molar-refractivity contribution in [2.75, 3.05) is 13.1 Å². The van der Waals surface area contributed by atoms with Crippen LogP contribution in [0.15, 0.2) is 41.3 Å². The van der Waals surface area contributed by atoms with Crippen LogP contribution in [0.1, 0.15) is 41.4 Å². The zero-order chi connectivity index (χ0) is 17.8. The van der Waals surface area contributed by atoms with Crippen molar-refractivity contribution >= 4 is 11.8 Å². The number of carbonyl (C=O) groups is 2. The molecule has 1 atom stereocenters. The van der Waals surface area contributed by atoms with Gasteiger partial charge in [0.15, 0.2) is 0 Å². The lowest BCUT2D eigenvalue weighted by Crippen LogP contribution is -2.51. The minimum absolute atomic E-state index is 0.0163. The quantitative estimate of drug-likeness (QED) is 0.857. The van der Waals surface area contributed by atoms with Gasteiger partial charge in [0, 0.05) is 45.0 Å². The predicted molar refractivity (Wildman–Crippen MR) is 92.8 cm³/mol. The molecule has 0 saturated carbocycles. The van der Waals surface area contributed by atoms with E-state index in [0.29, 0.717) is 31.0 Å². The van der Waals surface area contributed by atoms with Crippen molar-refractivity contribution in [2.24, 2.45) is 0 Å². The minimum atomic E-state index is -0.0270. The molecule has 2 aromatic heterocycles. The number of rotatable bonds is 4. The van der Waals surface area contributed by atoms with E-state index in [0.717, 1.165) is 18.4 Å². The molecule has 25 heavy (non-hydrogen) atoms. The Labute approximate surface area is 147 Å². The first-order valence-corrected chi connectivity index (χ1v) is 8.55. The molecule has 1 aliphatic heterocycles. The highest BCUT2D eigenvalue weighted by Gasteiger charge is 2.30. The van der Waals surface area contributed by atoms with Crippen LogP contribution in [0.2, 0.25) is 0 Å². The van der Waals surface area contributed by atoms with E-state index in [1.165, 1.54) is 6.26 Å². The molecule has 2 amide bonds. The van der Waals surface area contributed by atoms with Gasteiger partial charge in [-0.3, -0.25) is 14.6 Å². The number of piperidine rings is 1. The summed E-state index contributed by atoms with van der Waals surface area (Å²) >= 11 is 0. The monoisotopic (exact) mass is 341 g/mol. The van der Waals surface area contributed by atoms with E-state index in [2.05, 4.69) is 4.98 Å². The van der Waals surface area contributed by atoms with Crippen molar-refractivity contribution in [3.8, 4) is 0 Å². The molecule has 0 aliphatic carbocycles. The fourth-order valence-electron chi connectivity index (χ4n) is 3.36. The van der Waals surface area contributed by atoms with Crippen molar-refractivity contribution in [2.45, 2.75) is 39.3 Å². The summed E-state index contributed by atoms with van der Waals surface area (Å²) in [5.41, 5.74) is 1.59. The Morgan fingerprint density at radius 1 is 1.40 bits per heavy atom. The van der Waals surface area contributed by atoms with E-state index < -0.39 is 0 Å². The van der Waals surface area contributed by atoms with Gasteiger partial charge in [0.2, 0.25) is 5.91 Å². The summed E-state index contributed by atoms with van der Waals surface area (Å²) in [6, 6.07) is 5.55. The van der Waals surface area contributed by atoms with Crippen LogP contribution in [0.4, 0.5) is 0 Å². The Bertz CT molecular complexity index is 741. The zero-order valence-electron chi connectivity index (χ0n) is 14.6. The van der Waals surface area contributed by atoms with E-state index >= 15 is 0 Å². The summed E-state index contributed by atoms with van der Waals surface area (Å²) in [5, 5.41) is 0. The average Bonchev–Trinajstić information content (AvgIpc) is 3.05. The van der Waals surface area contributed by atoms with Gasteiger partial charge >= 0.3 is 0 Å². The van der Waals surface area contributed by atoms with Crippen molar-refractivity contribution in [3.05, 3.63) is 53.7 Å². The van der Waals surface area contributed by atoms with Crippen LogP contribution in [-0.4, -0.2) is 45.7 Å². The summed E-state index contributed by atoms with van der Waals surface area (Å²) in [5.74, 6) is 0.620. The molecule has 1 aliphatic rings. The predicted octanol–water partition coefficient (Wildman–Crippen LogP) is 2.64. The number of likely N-dealkylation sites (tertiary alicyclic amines) is 1. The highest BCUT2D eigenvalue weighted by molar-refractivity contribution is 5.95. The molecular weight excluding hydrogens is 318 g/mol. The molecule has 6 nitrogen and oxygen atoms in total. The largest absolute Gasteiger partial charge is 0.469 e. The third kappa shape index (κ3) is 3.90. The fraction of sp³-hybridized carbons (Fsp3) is 0.421. The summed E-state index contributed by atoms with van der Waals surface area (Å²) in [7, 11) is 0. The molecule has 132 valence electrons. The van der Waals surface area contributed by atoms with Crippen molar-refractivity contribution in [1.82, 2.24) is 14.8 Å². The van der Waals surface area contributed by atoms with Gasteiger partial charge in [-0.1, -0.05) is 6.07 Å². The van der Waals surface area contributed by atoms with E-state index in [1.54, 1.807) is 32.3 Å². The molecule has 0 bridgehead atoms. The second kappa shape index (κ2) is 7.51. The van der Waals surface area contributed by atoms with Crippen molar-refractivity contribution in [1.29, 1.82) is 0 Å². The Morgan fingerprint density at radius 2 is 2.24 bits per heavy atom. The molecule has 0 radical (unpaired) electrons. The SMILES string of the molecule is CC(=O)N(Cc1cccnc1)C1CCCN(C(=O)c2ccoc2C)C1. The van der Waals surface area contributed by atoms with E-state index in [-0.39, 0.29) is 17.9 Å². The second-order valence-electron chi connectivity index (χ2n) is 6.45. The van der Waals surface area contributed by atoms with Gasteiger partial charge in [-0.25, -0.2) is 0 Å². The maximum atomic E-state index is 12.7. The lowest BCUT2D eigenvalue weighted by molar-refractivity contribution is -0.132. The number of hydrogen-bond acceptors (Lipinski definition) is 4. The van der Waals surface area contributed by atoms with E-state index in [4.69, 9.17) is 4.42 Å². The molecule has 3 heterocycles. The molecular formula is C19H23N3O3.